The molecule has 0 bridgehead atoms. The maximum Gasteiger partial charge on any atom is 0.328 e. The van der Waals surface area contributed by atoms with Crippen LogP contribution in [0, 0.1) is 5.92 Å². The van der Waals surface area contributed by atoms with Crippen molar-refractivity contribution >= 4 is 5.97 Å². The minimum absolute atomic E-state index is 0.275. The van der Waals surface area contributed by atoms with Crippen molar-refractivity contribution in [3.8, 4) is 0 Å². The van der Waals surface area contributed by atoms with Crippen LogP contribution in [0.3, 0.4) is 0 Å². The Balaban J connectivity index is 3.97. The van der Waals surface area contributed by atoms with E-state index in [1.807, 2.05) is 13.8 Å². The Bertz CT molecular complexity index is 219. The molecule has 0 saturated carbocycles. The van der Waals surface area contributed by atoms with Crippen LogP contribution < -0.4 is 5.32 Å². The molecule has 4 heteroatoms. The summed E-state index contributed by atoms with van der Waals surface area (Å²) in [6.07, 6.45) is 2.18. The van der Waals surface area contributed by atoms with E-state index in [1.165, 1.54) is 7.11 Å². The molecule has 0 fully saturated rings. The van der Waals surface area contributed by atoms with E-state index < -0.39 is 5.54 Å². The summed E-state index contributed by atoms with van der Waals surface area (Å²) in [6, 6.07) is 0. The highest BCUT2D eigenvalue weighted by Crippen LogP contribution is 2.09. The van der Waals surface area contributed by atoms with Gasteiger partial charge in [0.15, 0.2) is 0 Å². The third kappa shape index (κ3) is 6.64. The molecule has 0 heterocycles. The van der Waals surface area contributed by atoms with Crippen molar-refractivity contribution in [2.75, 3.05) is 26.9 Å². The Morgan fingerprint density at radius 1 is 1.41 bits per heavy atom. The highest BCUT2D eigenvalue weighted by Gasteiger charge is 2.33. The lowest BCUT2D eigenvalue weighted by atomic mass is 10.0. The quantitative estimate of drug-likeness (QED) is 0.498. The summed E-state index contributed by atoms with van der Waals surface area (Å²) < 4.78 is 10.3. The van der Waals surface area contributed by atoms with E-state index in [2.05, 4.69) is 19.2 Å². The van der Waals surface area contributed by atoms with Gasteiger partial charge in [0.25, 0.3) is 0 Å². The second-order valence-corrected chi connectivity index (χ2v) is 4.94. The maximum absolute atomic E-state index is 11.6. The Labute approximate surface area is 105 Å². The molecule has 0 aromatic heterocycles. The molecule has 0 saturated heterocycles. The first-order chi connectivity index (χ1) is 7.96. The lowest BCUT2D eigenvalue weighted by molar-refractivity contribution is -0.150. The number of methoxy groups -OCH3 is 1. The standard InChI is InChI=1S/C13H27NO3/c1-6-14-13(4,12(15)16-5)10-17-9-7-8-11(2)3/h11,14H,6-10H2,1-5H3. The molecule has 1 atom stereocenters. The van der Waals surface area contributed by atoms with E-state index in [1.54, 1.807) is 0 Å². The third-order valence-corrected chi connectivity index (χ3v) is 2.66. The molecule has 0 radical (unpaired) electrons. The van der Waals surface area contributed by atoms with Crippen LogP contribution in [0.4, 0.5) is 0 Å². The highest BCUT2D eigenvalue weighted by atomic mass is 16.5. The topological polar surface area (TPSA) is 47.6 Å². The molecule has 1 N–H and O–H groups in total. The zero-order valence-electron chi connectivity index (χ0n) is 11.8. The summed E-state index contributed by atoms with van der Waals surface area (Å²) in [5.74, 6) is 0.419. The van der Waals surface area contributed by atoms with E-state index >= 15 is 0 Å². The molecular formula is C13H27NO3. The van der Waals surface area contributed by atoms with Crippen LogP contribution in [0.15, 0.2) is 0 Å². The Kier molecular flexibility index (Phi) is 8.17. The number of hydrogen-bond acceptors (Lipinski definition) is 4. The van der Waals surface area contributed by atoms with Crippen molar-refractivity contribution in [3.05, 3.63) is 0 Å². The molecule has 0 amide bonds. The van der Waals surface area contributed by atoms with Gasteiger partial charge < -0.3 is 14.8 Å². The molecule has 0 aliphatic heterocycles. The van der Waals surface area contributed by atoms with Crippen LogP contribution in [0.2, 0.25) is 0 Å². The van der Waals surface area contributed by atoms with Gasteiger partial charge in [0.1, 0.15) is 5.54 Å². The van der Waals surface area contributed by atoms with Crippen molar-refractivity contribution in [3.63, 3.8) is 0 Å². The predicted molar refractivity (Wildman–Crippen MR) is 69.0 cm³/mol. The number of likely N-dealkylation sites (N-methyl/N-ethyl adjacent to an activating group) is 1. The van der Waals surface area contributed by atoms with E-state index in [-0.39, 0.29) is 5.97 Å². The van der Waals surface area contributed by atoms with Gasteiger partial charge in [0.2, 0.25) is 0 Å². The van der Waals surface area contributed by atoms with E-state index in [4.69, 9.17) is 9.47 Å². The van der Waals surface area contributed by atoms with Gasteiger partial charge in [-0.25, -0.2) is 4.79 Å². The summed E-state index contributed by atoms with van der Waals surface area (Å²) in [5.41, 5.74) is -0.735. The summed E-state index contributed by atoms with van der Waals surface area (Å²) in [5, 5.41) is 3.11. The fourth-order valence-corrected chi connectivity index (χ4v) is 1.67. The van der Waals surface area contributed by atoms with Crippen LogP contribution in [-0.2, 0) is 14.3 Å². The van der Waals surface area contributed by atoms with Crippen LogP contribution >= 0.6 is 0 Å². The highest BCUT2D eigenvalue weighted by molar-refractivity contribution is 5.80. The van der Waals surface area contributed by atoms with Gasteiger partial charge in [-0.2, -0.15) is 0 Å². The molecular weight excluding hydrogens is 218 g/mol. The molecule has 0 aromatic rings. The van der Waals surface area contributed by atoms with Crippen molar-refractivity contribution in [1.82, 2.24) is 5.32 Å². The average molecular weight is 245 g/mol. The minimum atomic E-state index is -0.735. The number of nitrogens with one attached hydrogen (secondary N) is 1. The summed E-state index contributed by atoms with van der Waals surface area (Å²) in [7, 11) is 1.40. The van der Waals surface area contributed by atoms with Crippen LogP contribution in [0.25, 0.3) is 0 Å². The summed E-state index contributed by atoms with van der Waals surface area (Å²) in [4.78, 5) is 11.6. The van der Waals surface area contributed by atoms with Gasteiger partial charge in [-0.1, -0.05) is 20.8 Å². The Hall–Kier alpha value is -0.610. The smallest absolute Gasteiger partial charge is 0.328 e. The molecule has 1 unspecified atom stereocenters. The molecule has 0 spiro atoms. The van der Waals surface area contributed by atoms with Gasteiger partial charge in [-0.05, 0) is 32.2 Å². The SMILES string of the molecule is CCNC(C)(COCCCC(C)C)C(=O)OC. The van der Waals surface area contributed by atoms with Crippen molar-refractivity contribution in [2.24, 2.45) is 5.92 Å². The average Bonchev–Trinajstić information content (AvgIpc) is 2.27. The first-order valence-corrected chi connectivity index (χ1v) is 6.37. The molecule has 0 aliphatic rings. The Morgan fingerprint density at radius 3 is 2.53 bits per heavy atom. The van der Waals surface area contributed by atoms with E-state index in [0.29, 0.717) is 25.7 Å². The largest absolute Gasteiger partial charge is 0.468 e. The molecule has 4 nitrogen and oxygen atoms in total. The van der Waals surface area contributed by atoms with Crippen molar-refractivity contribution in [1.29, 1.82) is 0 Å². The predicted octanol–water partition coefficient (Wildman–Crippen LogP) is 1.98. The fraction of sp³-hybridized carbons (Fsp3) is 0.923. The van der Waals surface area contributed by atoms with E-state index in [0.717, 1.165) is 12.8 Å². The first kappa shape index (κ1) is 16.4. The molecule has 0 aliphatic carbocycles. The van der Waals surface area contributed by atoms with Gasteiger partial charge >= 0.3 is 5.97 Å². The zero-order chi connectivity index (χ0) is 13.3. The number of rotatable bonds is 9. The second kappa shape index (κ2) is 8.48. The monoisotopic (exact) mass is 245 g/mol. The fourth-order valence-electron chi connectivity index (χ4n) is 1.67. The maximum atomic E-state index is 11.6. The van der Waals surface area contributed by atoms with E-state index in [9.17, 15) is 4.79 Å². The number of ether oxygens (including phenoxy) is 2. The van der Waals surface area contributed by atoms with Gasteiger partial charge in [0.05, 0.1) is 13.7 Å². The first-order valence-electron chi connectivity index (χ1n) is 6.37. The molecule has 17 heavy (non-hydrogen) atoms. The van der Waals surface area contributed by atoms with Gasteiger partial charge in [-0.3, -0.25) is 0 Å². The second-order valence-electron chi connectivity index (χ2n) is 4.94. The van der Waals surface area contributed by atoms with Crippen LogP contribution in [0.5, 0.6) is 0 Å². The van der Waals surface area contributed by atoms with Crippen LogP contribution in [0.1, 0.15) is 40.5 Å². The number of carbonyl (C=O) groups excluding carboxylic acids is 1. The van der Waals surface area contributed by atoms with Crippen molar-refractivity contribution < 1.29 is 14.3 Å². The summed E-state index contributed by atoms with van der Waals surface area (Å²) >= 11 is 0. The number of carbonyl (C=O) groups is 1. The van der Waals surface area contributed by atoms with Crippen molar-refractivity contribution in [2.45, 2.75) is 46.1 Å². The molecule has 0 rings (SSSR count). The lowest BCUT2D eigenvalue weighted by Gasteiger charge is -2.27. The van der Waals surface area contributed by atoms with Gasteiger partial charge in [-0.15, -0.1) is 0 Å². The normalized spacial score (nSPS) is 14.7. The summed E-state index contributed by atoms with van der Waals surface area (Å²) in [6.45, 7) is 9.90. The number of hydrogen-bond donors (Lipinski definition) is 1. The molecule has 102 valence electrons. The van der Waals surface area contributed by atoms with Crippen LogP contribution in [-0.4, -0.2) is 38.4 Å². The lowest BCUT2D eigenvalue weighted by Crippen LogP contribution is -2.53. The third-order valence-electron chi connectivity index (χ3n) is 2.66. The Morgan fingerprint density at radius 2 is 2.06 bits per heavy atom. The minimum Gasteiger partial charge on any atom is -0.468 e. The zero-order valence-corrected chi connectivity index (χ0v) is 11.8. The van der Waals surface area contributed by atoms with Gasteiger partial charge in [0, 0.05) is 6.61 Å². The molecule has 0 aromatic carbocycles. The number of esters is 1.